The molecule has 5 heteroatoms. The second-order valence-electron chi connectivity index (χ2n) is 7.14. The molecule has 1 unspecified atom stereocenters. The summed E-state index contributed by atoms with van der Waals surface area (Å²) >= 11 is 0. The third-order valence-electron chi connectivity index (χ3n) is 5.43. The number of rotatable bonds is 3. The molecule has 5 nitrogen and oxygen atoms in total. The van der Waals surface area contributed by atoms with Crippen molar-refractivity contribution in [2.24, 2.45) is 0 Å². The van der Waals surface area contributed by atoms with Gasteiger partial charge in [-0.05, 0) is 40.0 Å². The molecule has 3 rings (SSSR count). The lowest BCUT2D eigenvalue weighted by atomic mass is 9.78. The van der Waals surface area contributed by atoms with E-state index in [1.165, 1.54) is 25.1 Å². The monoisotopic (exact) mass is 291 g/mol. The summed E-state index contributed by atoms with van der Waals surface area (Å²) < 4.78 is 2.41. The fourth-order valence-electron chi connectivity index (χ4n) is 3.73. The van der Waals surface area contributed by atoms with E-state index in [-0.39, 0.29) is 5.41 Å². The second-order valence-corrected chi connectivity index (χ2v) is 7.14. The smallest absolute Gasteiger partial charge is 0.0948 e. The first-order valence-corrected chi connectivity index (χ1v) is 8.19. The van der Waals surface area contributed by atoms with Crippen LogP contribution in [-0.4, -0.2) is 72.2 Å². The maximum atomic E-state index is 4.46. The number of piperidine rings is 1. The summed E-state index contributed by atoms with van der Waals surface area (Å²) in [5.41, 5.74) is 1.70. The van der Waals surface area contributed by atoms with E-state index in [9.17, 15) is 0 Å². The number of aromatic nitrogens is 2. The first kappa shape index (κ1) is 15.0. The highest BCUT2D eigenvalue weighted by Crippen LogP contribution is 2.32. The Morgan fingerprint density at radius 1 is 1.29 bits per heavy atom. The van der Waals surface area contributed by atoms with E-state index in [0.717, 1.165) is 32.7 Å². The Morgan fingerprint density at radius 2 is 2.05 bits per heavy atom. The maximum Gasteiger partial charge on any atom is 0.0948 e. The minimum atomic E-state index is 0.279. The molecule has 1 aromatic heterocycles. The Bertz CT molecular complexity index is 463. The van der Waals surface area contributed by atoms with E-state index < -0.39 is 0 Å². The molecule has 0 amide bonds. The van der Waals surface area contributed by atoms with E-state index >= 15 is 0 Å². The van der Waals surface area contributed by atoms with Crippen molar-refractivity contribution in [3.8, 4) is 0 Å². The van der Waals surface area contributed by atoms with Gasteiger partial charge in [-0.15, -0.1) is 0 Å². The van der Waals surface area contributed by atoms with Crippen LogP contribution in [0.2, 0.25) is 0 Å². The highest BCUT2D eigenvalue weighted by atomic mass is 15.3. The summed E-state index contributed by atoms with van der Waals surface area (Å²) in [6.07, 6.45) is 6.54. The topological polar surface area (TPSA) is 36.3 Å². The number of nitrogens with zero attached hydrogens (tertiary/aromatic N) is 4. The zero-order valence-corrected chi connectivity index (χ0v) is 13.7. The summed E-state index contributed by atoms with van der Waals surface area (Å²) in [7, 11) is 4.48. The van der Waals surface area contributed by atoms with Gasteiger partial charge in [0.1, 0.15) is 0 Å². The molecule has 2 aliphatic rings. The Kier molecular flexibility index (Phi) is 4.33. The van der Waals surface area contributed by atoms with Gasteiger partial charge in [-0.25, -0.2) is 4.98 Å². The van der Waals surface area contributed by atoms with Crippen LogP contribution in [0.4, 0.5) is 0 Å². The van der Waals surface area contributed by atoms with Crippen LogP contribution in [0.3, 0.4) is 0 Å². The van der Waals surface area contributed by atoms with Crippen molar-refractivity contribution in [3.63, 3.8) is 0 Å². The standard InChI is InChI=1S/C16H29N5/c1-16(4-6-17-7-5-16)15-10-18-13-21(15)12-14-11-19(2)8-9-20(14)3/h10,13-14,17H,4-9,11-12H2,1-3H3. The molecule has 0 saturated carbocycles. The number of imidazole rings is 1. The van der Waals surface area contributed by atoms with Crippen LogP contribution in [0.25, 0.3) is 0 Å². The van der Waals surface area contributed by atoms with Crippen molar-refractivity contribution in [3.05, 3.63) is 18.2 Å². The molecule has 0 spiro atoms. The minimum Gasteiger partial charge on any atom is -0.332 e. The minimum absolute atomic E-state index is 0.279. The summed E-state index contributed by atoms with van der Waals surface area (Å²) in [5.74, 6) is 0. The molecular formula is C16H29N5. The van der Waals surface area contributed by atoms with Crippen LogP contribution >= 0.6 is 0 Å². The third kappa shape index (κ3) is 3.15. The zero-order valence-electron chi connectivity index (χ0n) is 13.7. The number of hydrogen-bond donors (Lipinski definition) is 1. The highest BCUT2D eigenvalue weighted by molar-refractivity contribution is 5.15. The molecule has 21 heavy (non-hydrogen) atoms. The van der Waals surface area contributed by atoms with Gasteiger partial charge in [-0.2, -0.15) is 0 Å². The molecule has 0 radical (unpaired) electrons. The molecule has 0 aromatic carbocycles. The molecule has 2 aliphatic heterocycles. The maximum absolute atomic E-state index is 4.46. The van der Waals surface area contributed by atoms with E-state index in [2.05, 4.69) is 51.9 Å². The van der Waals surface area contributed by atoms with Gasteiger partial charge in [0.25, 0.3) is 0 Å². The van der Waals surface area contributed by atoms with Gasteiger partial charge >= 0.3 is 0 Å². The SMILES string of the molecule is CN1CCN(C)C(Cn2cncc2C2(C)CCNCC2)C1. The van der Waals surface area contributed by atoms with Crippen LogP contribution in [0, 0.1) is 0 Å². The van der Waals surface area contributed by atoms with Crippen molar-refractivity contribution in [1.29, 1.82) is 0 Å². The van der Waals surface area contributed by atoms with Crippen LogP contribution in [-0.2, 0) is 12.0 Å². The van der Waals surface area contributed by atoms with Crippen LogP contribution in [0.15, 0.2) is 12.5 Å². The summed E-state index contributed by atoms with van der Waals surface area (Å²) in [4.78, 5) is 9.40. The summed E-state index contributed by atoms with van der Waals surface area (Å²) in [6, 6.07) is 0.585. The zero-order chi connectivity index (χ0) is 14.9. The molecule has 1 aromatic rings. The molecule has 3 heterocycles. The van der Waals surface area contributed by atoms with Gasteiger partial charge in [0.05, 0.1) is 6.33 Å². The van der Waals surface area contributed by atoms with Gasteiger partial charge in [0, 0.05) is 49.5 Å². The predicted octanol–water partition coefficient (Wildman–Crippen LogP) is 0.770. The van der Waals surface area contributed by atoms with Crippen LogP contribution in [0.5, 0.6) is 0 Å². The summed E-state index contributed by atoms with van der Waals surface area (Å²) in [6.45, 7) is 9.17. The quantitative estimate of drug-likeness (QED) is 0.892. The van der Waals surface area contributed by atoms with Crippen molar-refractivity contribution in [2.75, 3.05) is 46.8 Å². The molecule has 118 valence electrons. The van der Waals surface area contributed by atoms with Gasteiger partial charge in [0.15, 0.2) is 0 Å². The van der Waals surface area contributed by atoms with E-state index in [4.69, 9.17) is 0 Å². The van der Waals surface area contributed by atoms with E-state index in [0.29, 0.717) is 6.04 Å². The largest absolute Gasteiger partial charge is 0.332 e. The molecule has 0 bridgehead atoms. The van der Waals surface area contributed by atoms with Gasteiger partial charge < -0.3 is 14.8 Å². The molecule has 2 saturated heterocycles. The summed E-state index contributed by atoms with van der Waals surface area (Å²) in [5, 5.41) is 3.47. The predicted molar refractivity (Wildman–Crippen MR) is 85.6 cm³/mol. The van der Waals surface area contributed by atoms with Crippen molar-refractivity contribution >= 4 is 0 Å². The van der Waals surface area contributed by atoms with Crippen molar-refractivity contribution < 1.29 is 0 Å². The number of piperazine rings is 1. The van der Waals surface area contributed by atoms with Gasteiger partial charge in [0.2, 0.25) is 0 Å². The van der Waals surface area contributed by atoms with Gasteiger partial charge in [-0.1, -0.05) is 6.92 Å². The Morgan fingerprint density at radius 3 is 2.81 bits per heavy atom. The molecule has 1 N–H and O–H groups in total. The van der Waals surface area contributed by atoms with Gasteiger partial charge in [-0.3, -0.25) is 4.90 Å². The second kappa shape index (κ2) is 6.07. The molecular weight excluding hydrogens is 262 g/mol. The lowest BCUT2D eigenvalue weighted by Crippen LogP contribution is -2.52. The normalized spacial score (nSPS) is 27.9. The van der Waals surface area contributed by atoms with Crippen LogP contribution < -0.4 is 5.32 Å². The first-order valence-electron chi connectivity index (χ1n) is 8.19. The Labute approximate surface area is 128 Å². The lowest BCUT2D eigenvalue weighted by molar-refractivity contribution is 0.101. The average molecular weight is 291 g/mol. The Balaban J connectivity index is 1.76. The highest BCUT2D eigenvalue weighted by Gasteiger charge is 2.32. The lowest BCUT2D eigenvalue weighted by Gasteiger charge is -2.39. The average Bonchev–Trinajstić information content (AvgIpc) is 2.93. The fraction of sp³-hybridized carbons (Fsp3) is 0.812. The molecule has 2 fully saturated rings. The number of nitrogens with one attached hydrogen (secondary N) is 1. The third-order valence-corrected chi connectivity index (χ3v) is 5.43. The number of likely N-dealkylation sites (N-methyl/N-ethyl adjacent to an activating group) is 2. The first-order chi connectivity index (χ1) is 10.1. The Hall–Kier alpha value is -0.910. The van der Waals surface area contributed by atoms with Crippen molar-refractivity contribution in [1.82, 2.24) is 24.7 Å². The molecule has 1 atom stereocenters. The molecule has 0 aliphatic carbocycles. The van der Waals surface area contributed by atoms with E-state index in [1.54, 1.807) is 0 Å². The van der Waals surface area contributed by atoms with Crippen molar-refractivity contribution in [2.45, 2.75) is 37.8 Å². The van der Waals surface area contributed by atoms with E-state index in [1.807, 2.05) is 6.33 Å². The number of hydrogen-bond acceptors (Lipinski definition) is 4. The fourth-order valence-corrected chi connectivity index (χ4v) is 3.73. The van der Waals surface area contributed by atoms with Crippen LogP contribution in [0.1, 0.15) is 25.5 Å².